The van der Waals surface area contributed by atoms with Gasteiger partial charge in [-0.2, -0.15) is 0 Å². The Morgan fingerprint density at radius 3 is 2.50 bits per heavy atom. The molecular weight excluding hydrogens is 697 g/mol. The highest BCUT2D eigenvalue weighted by molar-refractivity contribution is 6.01. The van der Waals surface area contributed by atoms with Gasteiger partial charge in [-0.05, 0) is 79.6 Å². The summed E-state index contributed by atoms with van der Waals surface area (Å²) in [5, 5.41) is 8.77. The number of hydrogen-bond acceptors (Lipinski definition) is 8. The fraction of sp³-hybridized carbons (Fsp3) is 0.425. The first-order chi connectivity index (χ1) is 26.1. The number of benzene rings is 3. The van der Waals surface area contributed by atoms with Crippen LogP contribution in [-0.4, -0.2) is 101 Å². The average Bonchev–Trinajstić information content (AvgIpc) is 3.18. The smallest absolute Gasteiger partial charge is 0.264 e. The minimum absolute atomic E-state index is 0.00519. The maximum absolute atomic E-state index is 14.3. The van der Waals surface area contributed by atoms with E-state index in [1.807, 2.05) is 12.1 Å². The van der Waals surface area contributed by atoms with E-state index >= 15 is 0 Å². The first-order valence-corrected chi connectivity index (χ1v) is 18.2. The highest BCUT2D eigenvalue weighted by Gasteiger charge is 2.39. The van der Waals surface area contributed by atoms with E-state index in [1.54, 1.807) is 67.6 Å². The summed E-state index contributed by atoms with van der Waals surface area (Å²) in [5.74, 6) is -0.840. The molecule has 6 rings (SSSR count). The number of amides is 5. The Kier molecular flexibility index (Phi) is 14.0. The number of methoxy groups -OCH3 is 1. The van der Waals surface area contributed by atoms with E-state index in [0.717, 1.165) is 5.56 Å². The van der Waals surface area contributed by atoms with Crippen LogP contribution in [0.2, 0.25) is 0 Å². The molecule has 3 aliphatic rings. The lowest BCUT2D eigenvalue weighted by Gasteiger charge is -2.33. The number of nitrogens with zero attached hydrogens (tertiary/aromatic N) is 2. The van der Waals surface area contributed by atoms with Crippen LogP contribution in [0, 0.1) is 11.2 Å². The molecule has 0 aromatic heterocycles. The molecule has 3 aromatic rings. The molecule has 288 valence electrons. The zero-order valence-corrected chi connectivity index (χ0v) is 30.8. The zero-order chi connectivity index (χ0) is 38.5. The summed E-state index contributed by atoms with van der Waals surface area (Å²) in [4.78, 5) is 69.2. The topological polar surface area (TPSA) is 156 Å². The van der Waals surface area contributed by atoms with Gasteiger partial charge < -0.3 is 40.0 Å². The molecule has 3 aliphatic heterocycles. The molecule has 0 fully saturated rings. The number of fused-ring (bicyclic) bond motifs is 18. The van der Waals surface area contributed by atoms with Gasteiger partial charge in [0.05, 0.1) is 11.1 Å². The van der Waals surface area contributed by atoms with Crippen LogP contribution in [0.1, 0.15) is 47.2 Å². The van der Waals surface area contributed by atoms with Crippen LogP contribution in [0.4, 0.5) is 10.1 Å². The molecule has 3 aromatic carbocycles. The number of anilines is 1. The monoisotopic (exact) mass is 745 g/mol. The van der Waals surface area contributed by atoms with E-state index in [4.69, 9.17) is 14.2 Å². The van der Waals surface area contributed by atoms with Crippen molar-refractivity contribution in [2.45, 2.75) is 38.5 Å². The van der Waals surface area contributed by atoms with Gasteiger partial charge in [-0.1, -0.05) is 30.3 Å². The van der Waals surface area contributed by atoms with Gasteiger partial charge in [-0.15, -0.1) is 0 Å². The number of halogens is 1. The fourth-order valence-electron chi connectivity index (χ4n) is 6.49. The molecule has 0 radical (unpaired) electrons. The fourth-order valence-corrected chi connectivity index (χ4v) is 6.49. The Hall–Kier alpha value is -5.50. The summed E-state index contributed by atoms with van der Waals surface area (Å²) in [6.07, 6.45) is 1.66. The van der Waals surface area contributed by atoms with Gasteiger partial charge in [0.25, 0.3) is 17.7 Å². The highest BCUT2D eigenvalue weighted by atomic mass is 19.1. The number of carbonyl (C=O) groups is 5. The van der Waals surface area contributed by atoms with E-state index in [1.165, 1.54) is 11.0 Å². The lowest BCUT2D eigenvalue weighted by Crippen LogP contribution is -2.51. The standard InChI is InChI=1S/C40H48FN5O8/c1-45-33-23-30(12-15-34(33)54-26-37(45)49)38(50)46-20-5-9-35(47)44-27-40(17-22-52-2,39(51)43-19-16-29-7-3-4-8-32(29)41)24-28-10-13-31(14-11-28)53-25-36(48)42-18-6-21-46/h3-4,7-8,10-15,23H,5-6,9,16-22,24-27H2,1-2H3,(H,42,48)(H,43,51)(H,44,47). The number of carbonyl (C=O) groups excluding carboxylic acids is 5. The zero-order valence-electron chi connectivity index (χ0n) is 30.8. The highest BCUT2D eigenvalue weighted by Crippen LogP contribution is 2.33. The molecule has 3 heterocycles. The summed E-state index contributed by atoms with van der Waals surface area (Å²) in [6, 6.07) is 18.4. The third kappa shape index (κ3) is 10.6. The van der Waals surface area contributed by atoms with Crippen LogP contribution in [0.25, 0.3) is 0 Å². The van der Waals surface area contributed by atoms with Crippen molar-refractivity contribution in [2.75, 3.05) is 71.6 Å². The van der Waals surface area contributed by atoms with Crippen molar-refractivity contribution in [3.63, 3.8) is 0 Å². The first-order valence-electron chi connectivity index (χ1n) is 18.2. The van der Waals surface area contributed by atoms with Crippen LogP contribution in [0.5, 0.6) is 11.5 Å². The number of likely N-dealkylation sites (N-methyl/N-ethyl adjacent to an activating group) is 1. The van der Waals surface area contributed by atoms with E-state index < -0.39 is 5.41 Å². The Morgan fingerprint density at radius 2 is 1.72 bits per heavy atom. The van der Waals surface area contributed by atoms with E-state index in [2.05, 4.69) is 16.0 Å². The number of rotatable bonds is 8. The normalized spacial score (nSPS) is 18.8. The molecule has 1 unspecified atom stereocenters. The summed E-state index contributed by atoms with van der Waals surface area (Å²) in [7, 11) is 3.16. The molecule has 1 atom stereocenters. The third-order valence-electron chi connectivity index (χ3n) is 9.70. The lowest BCUT2D eigenvalue weighted by molar-refractivity contribution is -0.133. The molecular formula is C40H48FN5O8. The van der Waals surface area contributed by atoms with E-state index in [9.17, 15) is 28.4 Å². The number of nitrogens with one attached hydrogen (secondary N) is 3. The quantitative estimate of drug-likeness (QED) is 0.318. The SMILES string of the molecule is COCCC1(C(=O)NCCc2ccccc2F)CNC(=O)CCCN(C(=O)c2ccc3c(c2)N(C)C(=O)CO3)CCCNC(=O)COc2ccc(cc2)C1. The Bertz CT molecular complexity index is 1800. The van der Waals surface area contributed by atoms with Gasteiger partial charge in [-0.3, -0.25) is 24.0 Å². The maximum atomic E-state index is 14.3. The first kappa shape index (κ1) is 39.7. The second-order valence-electron chi connectivity index (χ2n) is 13.5. The second-order valence-corrected chi connectivity index (χ2v) is 13.5. The molecule has 13 nitrogen and oxygen atoms in total. The van der Waals surface area contributed by atoms with Crippen LogP contribution >= 0.6 is 0 Å². The van der Waals surface area contributed by atoms with Gasteiger partial charge in [0.1, 0.15) is 17.3 Å². The lowest BCUT2D eigenvalue weighted by atomic mass is 9.77. The molecule has 3 N–H and O–H groups in total. The van der Waals surface area contributed by atoms with E-state index in [0.29, 0.717) is 54.2 Å². The van der Waals surface area contributed by atoms with Crippen molar-refractivity contribution >= 4 is 35.2 Å². The van der Waals surface area contributed by atoms with Gasteiger partial charge >= 0.3 is 0 Å². The Labute approximate surface area is 314 Å². The van der Waals surface area contributed by atoms with E-state index in [-0.39, 0.29) is 100 Å². The molecule has 0 aliphatic carbocycles. The molecule has 0 saturated carbocycles. The van der Waals surface area contributed by atoms with Crippen LogP contribution < -0.4 is 30.3 Å². The van der Waals surface area contributed by atoms with Crippen LogP contribution in [0.15, 0.2) is 66.7 Å². The summed E-state index contributed by atoms with van der Waals surface area (Å²) in [5.41, 5.74) is 0.989. The molecule has 2 bridgehead atoms. The second kappa shape index (κ2) is 19.0. The maximum Gasteiger partial charge on any atom is 0.264 e. The molecule has 14 heteroatoms. The third-order valence-corrected chi connectivity index (χ3v) is 9.70. The van der Waals surface area contributed by atoms with Crippen molar-refractivity contribution in [1.82, 2.24) is 20.9 Å². The van der Waals surface area contributed by atoms with Gasteiger partial charge in [0.2, 0.25) is 11.8 Å². The molecule has 5 amide bonds. The van der Waals surface area contributed by atoms with Gasteiger partial charge in [-0.25, -0.2) is 4.39 Å². The predicted molar refractivity (Wildman–Crippen MR) is 199 cm³/mol. The number of hydrogen-bond donors (Lipinski definition) is 3. The van der Waals surface area contributed by atoms with Gasteiger partial charge in [0, 0.05) is 65.5 Å². The van der Waals surface area contributed by atoms with Crippen molar-refractivity contribution < 1.29 is 42.6 Å². The number of ether oxygens (including phenoxy) is 3. The van der Waals surface area contributed by atoms with Crippen molar-refractivity contribution in [3.8, 4) is 11.5 Å². The minimum atomic E-state index is -1.13. The predicted octanol–water partition coefficient (Wildman–Crippen LogP) is 3.04. The average molecular weight is 746 g/mol. The summed E-state index contributed by atoms with van der Waals surface area (Å²) < 4.78 is 31.0. The van der Waals surface area contributed by atoms with Crippen LogP contribution in [0.3, 0.4) is 0 Å². The van der Waals surface area contributed by atoms with Crippen LogP contribution in [-0.2, 0) is 36.8 Å². The van der Waals surface area contributed by atoms with Gasteiger partial charge in [0.15, 0.2) is 13.2 Å². The largest absolute Gasteiger partial charge is 0.484 e. The Balaban J connectivity index is 1.34. The summed E-state index contributed by atoms with van der Waals surface area (Å²) >= 11 is 0. The van der Waals surface area contributed by atoms with Crippen molar-refractivity contribution in [3.05, 3.63) is 89.2 Å². The molecule has 54 heavy (non-hydrogen) atoms. The molecule has 0 spiro atoms. The molecule has 0 saturated heterocycles. The summed E-state index contributed by atoms with van der Waals surface area (Å²) in [6.45, 7) is 0.966. The Morgan fingerprint density at radius 1 is 0.944 bits per heavy atom. The van der Waals surface area contributed by atoms with Crippen molar-refractivity contribution in [2.24, 2.45) is 5.41 Å². The minimum Gasteiger partial charge on any atom is -0.484 e. The van der Waals surface area contributed by atoms with Crippen molar-refractivity contribution in [1.29, 1.82) is 0 Å².